The monoisotopic (exact) mass is 157 g/mol. The molecule has 56 valence electrons. The van der Waals surface area contributed by atoms with Gasteiger partial charge in [-0.25, -0.2) is 0 Å². The van der Waals surface area contributed by atoms with Gasteiger partial charge in [0.05, 0.1) is 0 Å². The van der Waals surface area contributed by atoms with Crippen LogP contribution in [0.4, 0.5) is 0 Å². The van der Waals surface area contributed by atoms with Crippen molar-refractivity contribution in [3.8, 4) is 0 Å². The lowest BCUT2D eigenvalue weighted by atomic mass is 9.99. The molecule has 2 aliphatic rings. The molecule has 2 fully saturated rings. The largest absolute Gasteiger partial charge is 0.344 e. The van der Waals surface area contributed by atoms with Crippen molar-refractivity contribution in [2.24, 2.45) is 0 Å². The third-order valence-electron chi connectivity index (χ3n) is 2.87. The molecule has 10 heavy (non-hydrogen) atoms. The van der Waals surface area contributed by atoms with E-state index in [4.69, 9.17) is 0 Å². The Morgan fingerprint density at radius 2 is 1.30 bits per heavy atom. The zero-order chi connectivity index (χ0) is 6.97. The van der Waals surface area contributed by atoms with Crippen LogP contribution in [0.25, 0.3) is 0 Å². The Kier molecular flexibility index (Phi) is 1.78. The summed E-state index contributed by atoms with van der Waals surface area (Å²) in [5.74, 6) is 0. The van der Waals surface area contributed by atoms with Gasteiger partial charge in [-0.15, -0.1) is 0 Å². The molecule has 2 saturated carbocycles. The first kappa shape index (κ1) is 6.79. The molecule has 0 spiro atoms. The van der Waals surface area contributed by atoms with Gasteiger partial charge >= 0.3 is 7.80 Å². The molecule has 0 radical (unpaired) electrons. The predicted octanol–water partition coefficient (Wildman–Crippen LogP) is 2.92. The molecule has 0 aliphatic heterocycles. The Balaban J connectivity index is 1.84. The Morgan fingerprint density at radius 3 is 1.50 bits per heavy atom. The molecule has 0 amide bonds. The first-order chi connectivity index (χ1) is 4.88. The van der Waals surface area contributed by atoms with Gasteiger partial charge in [-0.05, 0) is 38.5 Å². The summed E-state index contributed by atoms with van der Waals surface area (Å²) in [4.78, 5) is 0. The van der Waals surface area contributed by atoms with Crippen molar-refractivity contribution in [2.75, 3.05) is 0 Å². The highest BCUT2D eigenvalue weighted by molar-refractivity contribution is 7.46. The first-order valence-corrected chi connectivity index (χ1v) is 5.73. The van der Waals surface area contributed by atoms with Crippen molar-refractivity contribution in [1.82, 2.24) is 0 Å². The van der Waals surface area contributed by atoms with Crippen LogP contribution in [0.3, 0.4) is 0 Å². The molecule has 1 nitrogen and oxygen atoms in total. The SMILES string of the molecule is O=[P+](C1CCC1)C1CCC1. The second kappa shape index (κ2) is 2.62. The van der Waals surface area contributed by atoms with E-state index in [2.05, 4.69) is 0 Å². The zero-order valence-electron chi connectivity index (χ0n) is 6.25. The molecule has 0 heterocycles. The lowest BCUT2D eigenvalue weighted by molar-refractivity contribution is 0.444. The van der Waals surface area contributed by atoms with Gasteiger partial charge in [-0.1, -0.05) is 4.57 Å². The smallest absolute Gasteiger partial charge is 0.0742 e. The number of hydrogen-bond acceptors (Lipinski definition) is 1. The zero-order valence-corrected chi connectivity index (χ0v) is 7.15. The first-order valence-electron chi connectivity index (χ1n) is 4.33. The van der Waals surface area contributed by atoms with Gasteiger partial charge in [0.15, 0.2) is 11.3 Å². The summed E-state index contributed by atoms with van der Waals surface area (Å²) < 4.78 is 11.6. The molecule has 0 saturated heterocycles. The van der Waals surface area contributed by atoms with Crippen LogP contribution < -0.4 is 0 Å². The highest BCUT2D eigenvalue weighted by Crippen LogP contribution is 2.51. The van der Waals surface area contributed by atoms with Crippen molar-refractivity contribution >= 4 is 7.80 Å². The molecule has 0 unspecified atom stereocenters. The molecule has 2 heteroatoms. The molecular weight excluding hydrogens is 143 g/mol. The van der Waals surface area contributed by atoms with Crippen molar-refractivity contribution in [1.29, 1.82) is 0 Å². The van der Waals surface area contributed by atoms with E-state index in [-0.39, 0.29) is 0 Å². The highest BCUT2D eigenvalue weighted by Gasteiger charge is 2.44. The minimum Gasteiger partial charge on any atom is -0.0742 e. The molecule has 2 rings (SSSR count). The lowest BCUT2D eigenvalue weighted by Gasteiger charge is -2.23. The maximum absolute atomic E-state index is 11.6. The van der Waals surface area contributed by atoms with Gasteiger partial charge in [0.2, 0.25) is 0 Å². The van der Waals surface area contributed by atoms with Crippen LogP contribution in [0.5, 0.6) is 0 Å². The summed E-state index contributed by atoms with van der Waals surface area (Å²) in [6.07, 6.45) is 7.69. The van der Waals surface area contributed by atoms with Crippen LogP contribution in [0.2, 0.25) is 0 Å². The Hall–Kier alpha value is 0.100. The van der Waals surface area contributed by atoms with Crippen LogP contribution in [0.1, 0.15) is 38.5 Å². The molecular formula is C8H14OP+. The van der Waals surface area contributed by atoms with Gasteiger partial charge in [0.1, 0.15) is 0 Å². The summed E-state index contributed by atoms with van der Waals surface area (Å²) in [5, 5.41) is 0. The third-order valence-corrected chi connectivity index (χ3v) is 5.34. The maximum atomic E-state index is 11.6. The second-order valence-electron chi connectivity index (χ2n) is 3.53. The van der Waals surface area contributed by atoms with E-state index in [1.807, 2.05) is 0 Å². The minimum absolute atomic E-state index is 0.639. The summed E-state index contributed by atoms with van der Waals surface area (Å²) in [5.41, 5.74) is 1.28. The quantitative estimate of drug-likeness (QED) is 0.563. The van der Waals surface area contributed by atoms with E-state index in [1.165, 1.54) is 38.5 Å². The highest BCUT2D eigenvalue weighted by atomic mass is 31.1. The van der Waals surface area contributed by atoms with Crippen molar-refractivity contribution in [3.05, 3.63) is 0 Å². The van der Waals surface area contributed by atoms with E-state index < -0.39 is 7.80 Å². The molecule has 0 bridgehead atoms. The number of rotatable bonds is 2. The maximum Gasteiger partial charge on any atom is 0.344 e. The lowest BCUT2D eigenvalue weighted by Crippen LogP contribution is -2.22. The van der Waals surface area contributed by atoms with Crippen molar-refractivity contribution in [3.63, 3.8) is 0 Å². The molecule has 0 aromatic rings. The van der Waals surface area contributed by atoms with Crippen LogP contribution in [-0.4, -0.2) is 11.3 Å². The predicted molar refractivity (Wildman–Crippen MR) is 42.9 cm³/mol. The molecule has 0 atom stereocenters. The third kappa shape index (κ3) is 1.01. The molecule has 0 aromatic carbocycles. The van der Waals surface area contributed by atoms with Gasteiger partial charge < -0.3 is 0 Å². The Morgan fingerprint density at radius 1 is 0.900 bits per heavy atom. The van der Waals surface area contributed by atoms with Crippen LogP contribution in [-0.2, 0) is 4.57 Å². The van der Waals surface area contributed by atoms with Gasteiger partial charge in [0, 0.05) is 0 Å². The second-order valence-corrected chi connectivity index (χ2v) is 5.71. The summed E-state index contributed by atoms with van der Waals surface area (Å²) in [6, 6.07) is 0. The fourth-order valence-electron chi connectivity index (χ4n) is 1.58. The van der Waals surface area contributed by atoms with E-state index in [9.17, 15) is 4.57 Å². The average molecular weight is 157 g/mol. The minimum atomic E-state index is -0.780. The normalized spacial score (nSPS) is 27.2. The summed E-state index contributed by atoms with van der Waals surface area (Å²) in [7, 11) is -0.780. The fourth-order valence-corrected chi connectivity index (χ4v) is 3.93. The van der Waals surface area contributed by atoms with E-state index in [0.717, 1.165) is 0 Å². The molecule has 0 aromatic heterocycles. The van der Waals surface area contributed by atoms with Crippen molar-refractivity contribution < 1.29 is 4.57 Å². The van der Waals surface area contributed by atoms with Gasteiger partial charge in [-0.2, -0.15) is 0 Å². The Bertz CT molecular complexity index is 131. The van der Waals surface area contributed by atoms with Crippen LogP contribution in [0, 0.1) is 0 Å². The average Bonchev–Trinajstić information content (AvgIpc) is 1.52. The standard InChI is InChI=1S/C8H14OP/c9-10(7-3-1-4-7)8-5-2-6-8/h7-8H,1-6H2/q+1. The van der Waals surface area contributed by atoms with Crippen LogP contribution >= 0.6 is 7.80 Å². The van der Waals surface area contributed by atoms with Crippen LogP contribution in [0.15, 0.2) is 0 Å². The van der Waals surface area contributed by atoms with Gasteiger partial charge in [0.25, 0.3) is 0 Å². The van der Waals surface area contributed by atoms with E-state index >= 15 is 0 Å². The van der Waals surface area contributed by atoms with Crippen molar-refractivity contribution in [2.45, 2.75) is 49.8 Å². The number of hydrogen-bond donors (Lipinski definition) is 0. The van der Waals surface area contributed by atoms with Gasteiger partial charge in [-0.3, -0.25) is 0 Å². The molecule has 2 aliphatic carbocycles. The summed E-state index contributed by atoms with van der Waals surface area (Å²) >= 11 is 0. The van der Waals surface area contributed by atoms with E-state index in [1.54, 1.807) is 0 Å². The van der Waals surface area contributed by atoms with E-state index in [0.29, 0.717) is 11.3 Å². The molecule has 0 N–H and O–H groups in total. The fraction of sp³-hybridized carbons (Fsp3) is 1.00. The Labute approximate surface area is 63.0 Å². The summed E-state index contributed by atoms with van der Waals surface area (Å²) in [6.45, 7) is 0. The topological polar surface area (TPSA) is 17.1 Å².